The molecule has 1 atom stereocenters. The van der Waals surface area contributed by atoms with Gasteiger partial charge in [-0.15, -0.1) is 11.8 Å². The highest BCUT2D eigenvalue weighted by atomic mass is 32.2. The van der Waals surface area contributed by atoms with Crippen LogP contribution in [0, 0.1) is 4.64 Å². The van der Waals surface area contributed by atoms with Crippen LogP contribution in [-0.4, -0.2) is 27.2 Å². The first-order chi connectivity index (χ1) is 8.84. The molecule has 18 heavy (non-hydrogen) atoms. The van der Waals surface area contributed by atoms with Gasteiger partial charge in [0.05, 0.1) is 5.25 Å². The van der Waals surface area contributed by atoms with E-state index in [4.69, 9.17) is 12.2 Å². The molecule has 0 amide bonds. The minimum atomic E-state index is 0.513. The van der Waals surface area contributed by atoms with Crippen molar-refractivity contribution in [1.82, 2.24) is 9.97 Å². The highest BCUT2D eigenvalue weighted by Crippen LogP contribution is 2.35. The van der Waals surface area contributed by atoms with Gasteiger partial charge in [0.15, 0.2) is 0 Å². The van der Waals surface area contributed by atoms with Crippen molar-refractivity contribution in [2.45, 2.75) is 37.4 Å². The molecule has 2 aliphatic rings. The van der Waals surface area contributed by atoms with E-state index in [1.165, 1.54) is 47.8 Å². The number of nitrogens with one attached hydrogen (secondary N) is 1. The normalized spacial score (nSPS) is 24.3. The Bertz CT molecular complexity index is 478. The molecule has 5 heteroatoms. The molecule has 0 aromatic carbocycles. The van der Waals surface area contributed by atoms with Gasteiger partial charge in [-0.3, -0.25) is 0 Å². The molecule has 2 nitrogen and oxygen atoms in total. The minimum Gasteiger partial charge on any atom is -0.346 e. The van der Waals surface area contributed by atoms with Crippen LogP contribution < -0.4 is 0 Å². The zero-order chi connectivity index (χ0) is 12.4. The number of thioether (sulfide) groups is 2. The van der Waals surface area contributed by atoms with E-state index < -0.39 is 0 Å². The summed E-state index contributed by atoms with van der Waals surface area (Å²) in [7, 11) is 0. The SMILES string of the molecule is S=c1nc(C2CSCCS2)[nH]c2c1CCCCC2. The lowest BCUT2D eigenvalue weighted by molar-refractivity contribution is 0.708. The van der Waals surface area contributed by atoms with Crippen molar-refractivity contribution in [2.75, 3.05) is 17.3 Å². The average molecular weight is 299 g/mol. The number of fused-ring (bicyclic) bond motifs is 1. The van der Waals surface area contributed by atoms with Crippen LogP contribution in [0.5, 0.6) is 0 Å². The molecule has 3 rings (SSSR count). The quantitative estimate of drug-likeness (QED) is 0.628. The van der Waals surface area contributed by atoms with E-state index in [-0.39, 0.29) is 0 Å². The molecule has 1 aromatic rings. The van der Waals surface area contributed by atoms with Crippen LogP contribution >= 0.6 is 35.7 Å². The lowest BCUT2D eigenvalue weighted by atomic mass is 10.1. The molecule has 1 aliphatic heterocycles. The van der Waals surface area contributed by atoms with Crippen LogP contribution in [0.15, 0.2) is 0 Å². The van der Waals surface area contributed by atoms with Gasteiger partial charge >= 0.3 is 0 Å². The maximum absolute atomic E-state index is 5.51. The highest BCUT2D eigenvalue weighted by molar-refractivity contribution is 8.06. The molecule has 0 spiro atoms. The third-order valence-corrected chi connectivity index (χ3v) is 6.70. The van der Waals surface area contributed by atoms with Crippen LogP contribution in [-0.2, 0) is 12.8 Å². The Labute approximate surface area is 122 Å². The summed E-state index contributed by atoms with van der Waals surface area (Å²) in [5.74, 6) is 4.79. The predicted octanol–water partition coefficient (Wildman–Crippen LogP) is 3.93. The van der Waals surface area contributed by atoms with Crippen molar-refractivity contribution < 1.29 is 0 Å². The van der Waals surface area contributed by atoms with Crippen molar-refractivity contribution in [3.05, 3.63) is 21.7 Å². The van der Waals surface area contributed by atoms with Gasteiger partial charge in [-0.25, -0.2) is 4.98 Å². The molecule has 1 aromatic heterocycles. The fourth-order valence-electron chi connectivity index (χ4n) is 2.61. The zero-order valence-electron chi connectivity index (χ0n) is 10.4. The van der Waals surface area contributed by atoms with Crippen molar-refractivity contribution in [3.8, 4) is 0 Å². The molecule has 0 radical (unpaired) electrons. The van der Waals surface area contributed by atoms with E-state index in [1.807, 2.05) is 23.5 Å². The van der Waals surface area contributed by atoms with E-state index in [1.54, 1.807) is 0 Å². The summed E-state index contributed by atoms with van der Waals surface area (Å²) in [6, 6.07) is 0. The van der Waals surface area contributed by atoms with E-state index in [0.717, 1.165) is 23.3 Å². The van der Waals surface area contributed by atoms with Gasteiger partial charge in [-0.1, -0.05) is 18.6 Å². The Balaban J connectivity index is 1.94. The number of H-pyrrole nitrogens is 1. The van der Waals surface area contributed by atoms with Crippen LogP contribution in [0.3, 0.4) is 0 Å². The third-order valence-electron chi connectivity index (χ3n) is 3.60. The Morgan fingerprint density at radius 2 is 2.06 bits per heavy atom. The molecule has 98 valence electrons. The molecule has 1 fully saturated rings. The Morgan fingerprint density at radius 1 is 1.17 bits per heavy atom. The Morgan fingerprint density at radius 3 is 2.89 bits per heavy atom. The summed E-state index contributed by atoms with van der Waals surface area (Å²) < 4.78 is 0.858. The van der Waals surface area contributed by atoms with E-state index in [2.05, 4.69) is 9.97 Å². The average Bonchev–Trinajstić information content (AvgIpc) is 2.65. The number of aromatic nitrogens is 2. The van der Waals surface area contributed by atoms with Crippen LogP contribution in [0.1, 0.15) is 41.6 Å². The molecule has 1 aliphatic carbocycles. The van der Waals surface area contributed by atoms with E-state index >= 15 is 0 Å². The lowest BCUT2D eigenvalue weighted by Crippen LogP contribution is -2.13. The first kappa shape index (κ1) is 13.0. The Hall–Kier alpha value is -0.0000000000000000555. The van der Waals surface area contributed by atoms with Gasteiger partial charge in [-0.05, 0) is 25.7 Å². The standard InChI is InChI=1S/C13H18N2S3/c16-13-9-4-2-1-3-5-10(9)14-12(15-13)11-8-17-6-7-18-11/h11H,1-8H2,(H,14,15,16). The van der Waals surface area contributed by atoms with Crippen molar-refractivity contribution >= 4 is 35.7 Å². The zero-order valence-corrected chi connectivity index (χ0v) is 12.9. The maximum Gasteiger partial charge on any atom is 0.133 e. The lowest BCUT2D eigenvalue weighted by Gasteiger charge is -2.21. The highest BCUT2D eigenvalue weighted by Gasteiger charge is 2.20. The Kier molecular flexibility index (Phi) is 4.31. The maximum atomic E-state index is 5.51. The summed E-state index contributed by atoms with van der Waals surface area (Å²) >= 11 is 9.56. The molecular weight excluding hydrogens is 280 g/mol. The van der Waals surface area contributed by atoms with Crippen molar-refractivity contribution in [1.29, 1.82) is 0 Å². The van der Waals surface area contributed by atoms with E-state index in [0.29, 0.717) is 5.25 Å². The molecule has 0 bridgehead atoms. The van der Waals surface area contributed by atoms with Gasteiger partial charge in [0.1, 0.15) is 10.5 Å². The topological polar surface area (TPSA) is 28.7 Å². The fraction of sp³-hybridized carbons (Fsp3) is 0.692. The molecule has 2 heterocycles. The first-order valence-electron chi connectivity index (χ1n) is 6.66. The summed E-state index contributed by atoms with van der Waals surface area (Å²) in [6.45, 7) is 0. The van der Waals surface area contributed by atoms with Crippen LogP contribution in [0.4, 0.5) is 0 Å². The van der Waals surface area contributed by atoms with E-state index in [9.17, 15) is 0 Å². The first-order valence-corrected chi connectivity index (χ1v) is 9.27. The molecule has 0 saturated carbocycles. The van der Waals surface area contributed by atoms with Crippen LogP contribution in [0.2, 0.25) is 0 Å². The van der Waals surface area contributed by atoms with Gasteiger partial charge in [-0.2, -0.15) is 11.8 Å². The number of nitrogens with zero attached hydrogens (tertiary/aromatic N) is 1. The molecule has 1 saturated heterocycles. The van der Waals surface area contributed by atoms with Crippen molar-refractivity contribution in [2.24, 2.45) is 0 Å². The number of hydrogen-bond acceptors (Lipinski definition) is 4. The minimum absolute atomic E-state index is 0.513. The second-order valence-corrected chi connectivity index (χ2v) is 7.73. The summed E-state index contributed by atoms with van der Waals surface area (Å²) in [6.07, 6.45) is 6.14. The van der Waals surface area contributed by atoms with Gasteiger partial charge in [0.2, 0.25) is 0 Å². The summed E-state index contributed by atoms with van der Waals surface area (Å²) in [5, 5.41) is 0.513. The monoisotopic (exact) mass is 298 g/mol. The summed E-state index contributed by atoms with van der Waals surface area (Å²) in [4.78, 5) is 8.28. The fourth-order valence-corrected chi connectivity index (χ4v) is 5.56. The number of rotatable bonds is 1. The van der Waals surface area contributed by atoms with Gasteiger partial charge in [0, 0.05) is 28.5 Å². The van der Waals surface area contributed by atoms with Crippen molar-refractivity contribution in [3.63, 3.8) is 0 Å². The molecule has 1 unspecified atom stereocenters. The van der Waals surface area contributed by atoms with Gasteiger partial charge in [0.25, 0.3) is 0 Å². The number of aryl methyl sites for hydroxylation is 1. The second kappa shape index (κ2) is 5.97. The third kappa shape index (κ3) is 2.78. The second-order valence-electron chi connectivity index (χ2n) is 4.88. The van der Waals surface area contributed by atoms with Crippen LogP contribution in [0.25, 0.3) is 0 Å². The summed E-state index contributed by atoms with van der Waals surface area (Å²) in [5.41, 5.74) is 2.69. The predicted molar refractivity (Wildman–Crippen MR) is 83.2 cm³/mol. The largest absolute Gasteiger partial charge is 0.346 e. The van der Waals surface area contributed by atoms with Gasteiger partial charge < -0.3 is 4.98 Å². The molecular formula is C13H18N2S3. The number of aromatic amines is 1. The molecule has 1 N–H and O–H groups in total. The number of hydrogen-bond donors (Lipinski definition) is 1. The smallest absolute Gasteiger partial charge is 0.133 e.